The summed E-state index contributed by atoms with van der Waals surface area (Å²) in [4.78, 5) is 12.2. The van der Waals surface area contributed by atoms with Gasteiger partial charge in [-0.05, 0) is 30.0 Å². The van der Waals surface area contributed by atoms with Gasteiger partial charge >= 0.3 is 0 Å². The molecule has 0 saturated heterocycles. The summed E-state index contributed by atoms with van der Waals surface area (Å²) >= 11 is 0. The van der Waals surface area contributed by atoms with Crippen LogP contribution in [0.25, 0.3) is 0 Å². The van der Waals surface area contributed by atoms with Gasteiger partial charge in [-0.25, -0.2) is 0 Å². The Morgan fingerprint density at radius 2 is 1.68 bits per heavy atom. The van der Waals surface area contributed by atoms with Crippen molar-refractivity contribution in [2.24, 2.45) is 0 Å². The summed E-state index contributed by atoms with van der Waals surface area (Å²) < 4.78 is 11.4. The van der Waals surface area contributed by atoms with Crippen molar-refractivity contribution in [1.29, 1.82) is 0 Å². The highest BCUT2D eigenvalue weighted by molar-refractivity contribution is 5.80. The fraction of sp³-hybridized carbons (Fsp3) is 0.381. The van der Waals surface area contributed by atoms with Crippen molar-refractivity contribution in [3.63, 3.8) is 0 Å². The van der Waals surface area contributed by atoms with E-state index in [4.69, 9.17) is 9.47 Å². The number of ether oxygens (including phenoxy) is 2. The normalized spacial score (nSPS) is 12.0. The lowest BCUT2D eigenvalue weighted by atomic mass is 10.0. The maximum atomic E-state index is 12.2. The Kier molecular flexibility index (Phi) is 7.48. The van der Waals surface area contributed by atoms with Gasteiger partial charge in [-0.3, -0.25) is 4.79 Å². The third-order valence-electron chi connectivity index (χ3n) is 3.87. The standard InChI is InChI=1S/C21H27NO3/c1-16(2)19-11-7-8-12-20(19)25-17(3)21(23)22-13-14-24-15-18-9-5-4-6-10-18/h4-12,16-17H,13-15H2,1-3H3,(H,22,23). The van der Waals surface area contributed by atoms with Crippen LogP contribution in [0.4, 0.5) is 0 Å². The van der Waals surface area contributed by atoms with Gasteiger partial charge in [0.1, 0.15) is 5.75 Å². The van der Waals surface area contributed by atoms with E-state index < -0.39 is 6.10 Å². The van der Waals surface area contributed by atoms with Gasteiger partial charge in [0.05, 0.1) is 13.2 Å². The van der Waals surface area contributed by atoms with Crippen LogP contribution in [0, 0.1) is 0 Å². The van der Waals surface area contributed by atoms with Crippen molar-refractivity contribution in [3.8, 4) is 5.75 Å². The molecule has 0 spiro atoms. The van der Waals surface area contributed by atoms with Crippen LogP contribution in [0.2, 0.25) is 0 Å². The SMILES string of the molecule is CC(Oc1ccccc1C(C)C)C(=O)NCCOCc1ccccc1. The van der Waals surface area contributed by atoms with Crippen LogP contribution in [0.5, 0.6) is 5.75 Å². The molecule has 0 heterocycles. The van der Waals surface area contributed by atoms with Crippen molar-refractivity contribution in [1.82, 2.24) is 5.32 Å². The molecule has 1 amide bonds. The summed E-state index contributed by atoms with van der Waals surface area (Å²) in [5.41, 5.74) is 2.23. The van der Waals surface area contributed by atoms with Crippen LogP contribution in [0.1, 0.15) is 37.8 Å². The number of rotatable bonds is 9. The second kappa shape index (κ2) is 9.84. The van der Waals surface area contributed by atoms with Crippen molar-refractivity contribution < 1.29 is 14.3 Å². The molecule has 0 saturated carbocycles. The highest BCUT2D eigenvalue weighted by Crippen LogP contribution is 2.26. The Bertz CT molecular complexity index is 655. The first-order chi connectivity index (χ1) is 12.1. The van der Waals surface area contributed by atoms with E-state index in [2.05, 4.69) is 19.2 Å². The quantitative estimate of drug-likeness (QED) is 0.704. The van der Waals surface area contributed by atoms with Crippen LogP contribution in [-0.4, -0.2) is 25.2 Å². The zero-order chi connectivity index (χ0) is 18.1. The number of amides is 1. The van der Waals surface area contributed by atoms with E-state index in [0.29, 0.717) is 25.7 Å². The minimum Gasteiger partial charge on any atom is -0.481 e. The van der Waals surface area contributed by atoms with Crippen molar-refractivity contribution in [3.05, 3.63) is 65.7 Å². The topological polar surface area (TPSA) is 47.6 Å². The summed E-state index contributed by atoms with van der Waals surface area (Å²) in [7, 11) is 0. The molecule has 0 aromatic heterocycles. The molecule has 4 nitrogen and oxygen atoms in total. The van der Waals surface area contributed by atoms with Gasteiger partial charge in [-0.2, -0.15) is 0 Å². The van der Waals surface area contributed by atoms with Crippen LogP contribution < -0.4 is 10.1 Å². The fourth-order valence-electron chi connectivity index (χ4n) is 2.46. The molecule has 1 atom stereocenters. The Morgan fingerprint density at radius 1 is 1.00 bits per heavy atom. The highest BCUT2D eigenvalue weighted by atomic mass is 16.5. The number of para-hydroxylation sites is 1. The average Bonchev–Trinajstić information content (AvgIpc) is 2.62. The lowest BCUT2D eigenvalue weighted by molar-refractivity contribution is -0.127. The number of hydrogen-bond donors (Lipinski definition) is 1. The zero-order valence-corrected chi connectivity index (χ0v) is 15.2. The van der Waals surface area contributed by atoms with E-state index in [1.807, 2.05) is 54.6 Å². The van der Waals surface area contributed by atoms with E-state index in [0.717, 1.165) is 16.9 Å². The summed E-state index contributed by atoms with van der Waals surface area (Å²) in [6, 6.07) is 17.8. The molecule has 0 aliphatic rings. The fourth-order valence-corrected chi connectivity index (χ4v) is 2.46. The van der Waals surface area contributed by atoms with Crippen LogP contribution >= 0.6 is 0 Å². The van der Waals surface area contributed by atoms with E-state index in [-0.39, 0.29) is 5.91 Å². The first kappa shape index (κ1) is 19.0. The zero-order valence-electron chi connectivity index (χ0n) is 15.2. The van der Waals surface area contributed by atoms with E-state index in [9.17, 15) is 4.79 Å². The minimum absolute atomic E-state index is 0.137. The second-order valence-corrected chi connectivity index (χ2v) is 6.28. The molecule has 0 bridgehead atoms. The van der Waals surface area contributed by atoms with Gasteiger partial charge in [-0.15, -0.1) is 0 Å². The molecule has 25 heavy (non-hydrogen) atoms. The summed E-state index contributed by atoms with van der Waals surface area (Å²) in [6.07, 6.45) is -0.547. The van der Waals surface area contributed by atoms with E-state index >= 15 is 0 Å². The number of carbonyl (C=O) groups is 1. The Labute approximate surface area is 150 Å². The van der Waals surface area contributed by atoms with Crippen LogP contribution in [0.3, 0.4) is 0 Å². The van der Waals surface area contributed by atoms with Gasteiger partial charge in [-0.1, -0.05) is 62.4 Å². The third-order valence-corrected chi connectivity index (χ3v) is 3.87. The molecule has 2 aromatic carbocycles. The molecule has 0 aliphatic carbocycles. The van der Waals surface area contributed by atoms with Gasteiger partial charge in [0.2, 0.25) is 0 Å². The second-order valence-electron chi connectivity index (χ2n) is 6.28. The molecule has 134 valence electrons. The largest absolute Gasteiger partial charge is 0.481 e. The monoisotopic (exact) mass is 341 g/mol. The Balaban J connectivity index is 1.72. The predicted molar refractivity (Wildman–Crippen MR) is 99.7 cm³/mol. The van der Waals surface area contributed by atoms with Gasteiger partial charge in [0.25, 0.3) is 5.91 Å². The summed E-state index contributed by atoms with van der Waals surface area (Å²) in [6.45, 7) is 7.46. The van der Waals surface area contributed by atoms with Crippen LogP contribution in [0.15, 0.2) is 54.6 Å². The smallest absolute Gasteiger partial charge is 0.260 e. The number of benzene rings is 2. The molecular weight excluding hydrogens is 314 g/mol. The molecule has 1 unspecified atom stereocenters. The average molecular weight is 341 g/mol. The summed E-state index contributed by atoms with van der Waals surface area (Å²) in [5.74, 6) is 0.972. The molecule has 0 fully saturated rings. The maximum Gasteiger partial charge on any atom is 0.260 e. The molecule has 1 N–H and O–H groups in total. The van der Waals surface area contributed by atoms with Gasteiger partial charge in [0.15, 0.2) is 6.10 Å². The molecule has 2 aromatic rings. The molecule has 0 aliphatic heterocycles. The first-order valence-electron chi connectivity index (χ1n) is 8.73. The van der Waals surface area contributed by atoms with Crippen molar-refractivity contribution in [2.45, 2.75) is 39.4 Å². The number of carbonyl (C=O) groups excluding carboxylic acids is 1. The Morgan fingerprint density at radius 3 is 2.40 bits per heavy atom. The number of hydrogen-bond acceptors (Lipinski definition) is 3. The number of nitrogens with one attached hydrogen (secondary N) is 1. The highest BCUT2D eigenvalue weighted by Gasteiger charge is 2.16. The lowest BCUT2D eigenvalue weighted by Gasteiger charge is -2.18. The maximum absolute atomic E-state index is 12.2. The van der Waals surface area contributed by atoms with Crippen molar-refractivity contribution in [2.75, 3.05) is 13.2 Å². The van der Waals surface area contributed by atoms with E-state index in [1.54, 1.807) is 6.92 Å². The molecule has 0 radical (unpaired) electrons. The van der Waals surface area contributed by atoms with Gasteiger partial charge in [0, 0.05) is 6.54 Å². The van der Waals surface area contributed by atoms with Crippen LogP contribution in [-0.2, 0) is 16.1 Å². The summed E-state index contributed by atoms with van der Waals surface area (Å²) in [5, 5.41) is 2.85. The molecule has 4 heteroatoms. The molecule has 2 rings (SSSR count). The Hall–Kier alpha value is -2.33. The van der Waals surface area contributed by atoms with E-state index in [1.165, 1.54) is 0 Å². The first-order valence-corrected chi connectivity index (χ1v) is 8.73. The van der Waals surface area contributed by atoms with Crippen molar-refractivity contribution >= 4 is 5.91 Å². The third kappa shape index (κ3) is 6.24. The van der Waals surface area contributed by atoms with Gasteiger partial charge < -0.3 is 14.8 Å². The predicted octanol–water partition coefficient (Wildman–Crippen LogP) is 3.91. The minimum atomic E-state index is -0.547. The lowest BCUT2D eigenvalue weighted by Crippen LogP contribution is -2.38. The molecular formula is C21H27NO3.